The molecule has 0 amide bonds. The van der Waals surface area contributed by atoms with Crippen molar-refractivity contribution in [3.8, 4) is 5.75 Å². The van der Waals surface area contributed by atoms with Gasteiger partial charge in [-0.15, -0.1) is 11.3 Å². The number of aryl methyl sites for hydroxylation is 1. The second-order valence-electron chi connectivity index (χ2n) is 3.69. The Morgan fingerprint density at radius 2 is 2.35 bits per heavy atom. The van der Waals surface area contributed by atoms with Crippen LogP contribution in [0.5, 0.6) is 5.75 Å². The normalized spacial score (nSPS) is 12.4. The predicted molar refractivity (Wildman–Crippen MR) is 66.3 cm³/mol. The highest BCUT2D eigenvalue weighted by molar-refractivity contribution is 7.09. The van der Waals surface area contributed by atoms with Crippen molar-refractivity contribution in [1.82, 2.24) is 9.97 Å². The van der Waals surface area contributed by atoms with Crippen LogP contribution in [0, 0.1) is 6.92 Å². The van der Waals surface area contributed by atoms with Crippen molar-refractivity contribution in [2.75, 3.05) is 7.11 Å². The molecule has 1 N–H and O–H groups in total. The number of hydrogen-bond donors (Lipinski definition) is 1. The number of rotatable bonds is 4. The maximum atomic E-state index is 10.1. The Balaban J connectivity index is 2.16. The highest BCUT2D eigenvalue weighted by Crippen LogP contribution is 2.25. The van der Waals surface area contributed by atoms with Crippen molar-refractivity contribution in [3.05, 3.63) is 40.1 Å². The van der Waals surface area contributed by atoms with E-state index < -0.39 is 6.10 Å². The number of hydrogen-bond acceptors (Lipinski definition) is 5. The molecule has 90 valence electrons. The van der Waals surface area contributed by atoms with Gasteiger partial charge in [-0.1, -0.05) is 0 Å². The summed E-state index contributed by atoms with van der Waals surface area (Å²) in [6, 6.07) is 3.57. The van der Waals surface area contributed by atoms with Crippen LogP contribution in [0.25, 0.3) is 0 Å². The smallest absolute Gasteiger partial charge is 0.143 e. The van der Waals surface area contributed by atoms with Crippen LogP contribution in [0.1, 0.15) is 22.5 Å². The molecular formula is C12H14N2O2S. The third kappa shape index (κ3) is 2.81. The summed E-state index contributed by atoms with van der Waals surface area (Å²) in [5.41, 5.74) is 1.54. The Morgan fingerprint density at radius 3 is 3.00 bits per heavy atom. The van der Waals surface area contributed by atoms with E-state index in [0.717, 1.165) is 10.7 Å². The van der Waals surface area contributed by atoms with E-state index in [2.05, 4.69) is 9.97 Å². The second kappa shape index (κ2) is 5.25. The lowest BCUT2D eigenvalue weighted by Crippen LogP contribution is -2.06. The van der Waals surface area contributed by atoms with Crippen LogP contribution in [0.3, 0.4) is 0 Å². The van der Waals surface area contributed by atoms with Crippen molar-refractivity contribution in [3.63, 3.8) is 0 Å². The van der Waals surface area contributed by atoms with Crippen molar-refractivity contribution in [2.45, 2.75) is 19.4 Å². The summed E-state index contributed by atoms with van der Waals surface area (Å²) in [6.07, 6.45) is 1.43. The Labute approximate surface area is 104 Å². The Hall–Kier alpha value is -1.46. The predicted octanol–water partition coefficient (Wildman–Crippen LogP) is 2.13. The van der Waals surface area contributed by atoms with E-state index in [4.69, 9.17) is 4.74 Å². The monoisotopic (exact) mass is 250 g/mol. The zero-order chi connectivity index (χ0) is 12.3. The topological polar surface area (TPSA) is 55.2 Å². The van der Waals surface area contributed by atoms with Gasteiger partial charge in [0, 0.05) is 23.7 Å². The zero-order valence-corrected chi connectivity index (χ0v) is 10.6. The lowest BCUT2D eigenvalue weighted by atomic mass is 10.1. The first-order valence-corrected chi connectivity index (χ1v) is 6.16. The lowest BCUT2D eigenvalue weighted by molar-refractivity contribution is 0.168. The van der Waals surface area contributed by atoms with E-state index in [1.807, 2.05) is 12.3 Å². The number of aliphatic hydroxyl groups is 1. The minimum Gasteiger partial charge on any atom is -0.495 e. The Kier molecular flexibility index (Phi) is 3.71. The molecule has 0 spiro atoms. The van der Waals surface area contributed by atoms with Gasteiger partial charge in [-0.05, 0) is 19.1 Å². The standard InChI is InChI=1S/C12H14N2O2S/c1-8-7-17-11(14-8)6-9(15)12-10(16-2)4-3-5-13-12/h3-5,7,9,15H,6H2,1-2H3. The maximum absolute atomic E-state index is 10.1. The first-order valence-electron chi connectivity index (χ1n) is 5.28. The quantitative estimate of drug-likeness (QED) is 0.903. The van der Waals surface area contributed by atoms with Gasteiger partial charge in [0.15, 0.2) is 0 Å². The van der Waals surface area contributed by atoms with Gasteiger partial charge in [0.05, 0.1) is 12.1 Å². The van der Waals surface area contributed by atoms with Crippen LogP contribution in [0.15, 0.2) is 23.7 Å². The van der Waals surface area contributed by atoms with E-state index in [0.29, 0.717) is 17.9 Å². The van der Waals surface area contributed by atoms with Gasteiger partial charge in [0.2, 0.25) is 0 Å². The van der Waals surface area contributed by atoms with Gasteiger partial charge in [-0.3, -0.25) is 4.98 Å². The maximum Gasteiger partial charge on any atom is 0.143 e. The van der Waals surface area contributed by atoms with Crippen molar-refractivity contribution in [1.29, 1.82) is 0 Å². The van der Waals surface area contributed by atoms with Crippen LogP contribution >= 0.6 is 11.3 Å². The van der Waals surface area contributed by atoms with Gasteiger partial charge < -0.3 is 9.84 Å². The molecule has 1 atom stereocenters. The fourth-order valence-electron chi connectivity index (χ4n) is 1.58. The average Bonchev–Trinajstić information content (AvgIpc) is 2.74. The molecule has 0 aliphatic heterocycles. The van der Waals surface area contributed by atoms with Crippen molar-refractivity contribution in [2.24, 2.45) is 0 Å². The first kappa shape index (κ1) is 12.0. The Morgan fingerprint density at radius 1 is 1.53 bits per heavy atom. The van der Waals surface area contributed by atoms with Crippen LogP contribution in [0.2, 0.25) is 0 Å². The molecule has 5 heteroatoms. The number of thiazole rings is 1. The largest absolute Gasteiger partial charge is 0.495 e. The summed E-state index contributed by atoms with van der Waals surface area (Å²) in [5.74, 6) is 0.605. The Bertz CT molecular complexity index is 499. The van der Waals surface area contributed by atoms with E-state index in [-0.39, 0.29) is 0 Å². The van der Waals surface area contributed by atoms with E-state index in [1.165, 1.54) is 0 Å². The fraction of sp³-hybridized carbons (Fsp3) is 0.333. The van der Waals surface area contributed by atoms with Crippen LogP contribution < -0.4 is 4.74 Å². The van der Waals surface area contributed by atoms with E-state index >= 15 is 0 Å². The molecule has 2 heterocycles. The molecule has 0 fully saturated rings. The molecule has 0 aliphatic carbocycles. The van der Waals surface area contributed by atoms with Gasteiger partial charge in [-0.25, -0.2) is 4.98 Å². The van der Waals surface area contributed by atoms with Crippen LogP contribution in [-0.4, -0.2) is 22.2 Å². The molecule has 0 saturated heterocycles. The van der Waals surface area contributed by atoms with Gasteiger partial charge in [0.25, 0.3) is 0 Å². The van der Waals surface area contributed by atoms with Gasteiger partial charge in [-0.2, -0.15) is 0 Å². The molecule has 0 aromatic carbocycles. The number of ether oxygens (including phenoxy) is 1. The average molecular weight is 250 g/mol. The second-order valence-corrected chi connectivity index (χ2v) is 4.64. The molecule has 0 aliphatic rings. The molecule has 0 bridgehead atoms. The summed E-state index contributed by atoms with van der Waals surface area (Å²) in [6.45, 7) is 1.94. The SMILES string of the molecule is COc1cccnc1C(O)Cc1nc(C)cs1. The van der Waals surface area contributed by atoms with Gasteiger partial charge in [0.1, 0.15) is 17.5 Å². The van der Waals surface area contributed by atoms with Crippen molar-refractivity contribution < 1.29 is 9.84 Å². The number of methoxy groups -OCH3 is 1. The third-order valence-corrected chi connectivity index (χ3v) is 3.36. The molecule has 0 radical (unpaired) electrons. The van der Waals surface area contributed by atoms with E-state index in [9.17, 15) is 5.11 Å². The number of pyridine rings is 1. The fourth-order valence-corrected chi connectivity index (χ4v) is 2.39. The summed E-state index contributed by atoms with van der Waals surface area (Å²) < 4.78 is 5.17. The van der Waals surface area contributed by atoms with Crippen LogP contribution in [0.4, 0.5) is 0 Å². The molecule has 0 saturated carbocycles. The summed E-state index contributed by atoms with van der Waals surface area (Å²) in [4.78, 5) is 8.48. The zero-order valence-electron chi connectivity index (χ0n) is 9.75. The van der Waals surface area contributed by atoms with Crippen LogP contribution in [-0.2, 0) is 6.42 Å². The van der Waals surface area contributed by atoms with Gasteiger partial charge >= 0.3 is 0 Å². The number of aromatic nitrogens is 2. The summed E-state index contributed by atoms with van der Waals surface area (Å²) in [7, 11) is 1.57. The molecule has 4 nitrogen and oxygen atoms in total. The minimum absolute atomic E-state index is 0.464. The number of aliphatic hydroxyl groups excluding tert-OH is 1. The highest BCUT2D eigenvalue weighted by atomic mass is 32.1. The summed E-state index contributed by atoms with van der Waals surface area (Å²) in [5, 5.41) is 13.0. The first-order chi connectivity index (χ1) is 8.20. The number of nitrogens with zero attached hydrogens (tertiary/aromatic N) is 2. The molecule has 1 unspecified atom stereocenters. The van der Waals surface area contributed by atoms with E-state index in [1.54, 1.807) is 36.8 Å². The molecule has 2 rings (SSSR count). The van der Waals surface area contributed by atoms with Crippen molar-refractivity contribution >= 4 is 11.3 Å². The molecular weight excluding hydrogens is 236 g/mol. The molecule has 2 aromatic heterocycles. The summed E-state index contributed by atoms with van der Waals surface area (Å²) >= 11 is 1.55. The third-order valence-electron chi connectivity index (χ3n) is 2.37. The molecule has 17 heavy (non-hydrogen) atoms. The molecule has 2 aromatic rings. The highest BCUT2D eigenvalue weighted by Gasteiger charge is 2.16. The lowest BCUT2D eigenvalue weighted by Gasteiger charge is -2.11. The minimum atomic E-state index is -0.684.